The number of halogens is 1. The summed E-state index contributed by atoms with van der Waals surface area (Å²) in [7, 11) is 1.59. The average molecular weight is 311 g/mol. The predicted octanol–water partition coefficient (Wildman–Crippen LogP) is 2.76. The molecule has 5 heteroatoms. The number of ether oxygens (including phenoxy) is 1. The van der Waals surface area contributed by atoms with E-state index in [4.69, 9.17) is 4.74 Å². The molecular weight excluding hydrogens is 296 g/mol. The number of nitrogens with zero attached hydrogens (tertiary/aromatic N) is 2. The predicted molar refractivity (Wildman–Crippen MR) is 72.7 cm³/mol. The summed E-state index contributed by atoms with van der Waals surface area (Å²) in [4.78, 5) is 0. The highest BCUT2D eigenvalue weighted by atomic mass is 79.9. The molecule has 0 saturated carbocycles. The maximum atomic E-state index is 10.4. The van der Waals surface area contributed by atoms with Crippen LogP contribution in [0.25, 0.3) is 0 Å². The third kappa shape index (κ3) is 2.57. The lowest BCUT2D eigenvalue weighted by molar-refractivity contribution is 0.214. The largest absolute Gasteiger partial charge is 0.496 e. The Labute approximate surface area is 114 Å². The summed E-state index contributed by atoms with van der Waals surface area (Å²) in [5.74, 6) is 0.654. The molecule has 0 saturated heterocycles. The average Bonchev–Trinajstić information content (AvgIpc) is 2.86. The van der Waals surface area contributed by atoms with Crippen molar-refractivity contribution >= 4 is 15.9 Å². The first-order valence-electron chi connectivity index (χ1n) is 5.69. The zero-order valence-corrected chi connectivity index (χ0v) is 11.9. The van der Waals surface area contributed by atoms with E-state index < -0.39 is 6.10 Å². The fraction of sp³-hybridized carbons (Fsp3) is 0.308. The van der Waals surface area contributed by atoms with Crippen molar-refractivity contribution in [3.63, 3.8) is 0 Å². The maximum absolute atomic E-state index is 10.4. The summed E-state index contributed by atoms with van der Waals surface area (Å²) in [5, 5.41) is 14.5. The molecule has 0 aliphatic heterocycles. The number of aliphatic hydroxyl groups is 1. The van der Waals surface area contributed by atoms with Crippen molar-refractivity contribution in [3.8, 4) is 5.75 Å². The van der Waals surface area contributed by atoms with E-state index in [1.807, 2.05) is 31.3 Å². The highest BCUT2D eigenvalue weighted by Gasteiger charge is 2.17. The van der Waals surface area contributed by atoms with Crippen molar-refractivity contribution in [1.29, 1.82) is 0 Å². The first-order valence-corrected chi connectivity index (χ1v) is 6.49. The van der Waals surface area contributed by atoms with Gasteiger partial charge in [-0.15, -0.1) is 0 Å². The van der Waals surface area contributed by atoms with Gasteiger partial charge >= 0.3 is 0 Å². The molecular formula is C13H15BrN2O2. The van der Waals surface area contributed by atoms with Gasteiger partial charge in [0.15, 0.2) is 0 Å². The van der Waals surface area contributed by atoms with Crippen LogP contribution in [0.4, 0.5) is 0 Å². The van der Waals surface area contributed by atoms with Crippen LogP contribution in [0.5, 0.6) is 5.75 Å². The normalized spacial score (nSPS) is 12.4. The Bertz CT molecular complexity index is 540. The number of methoxy groups -OCH3 is 1. The van der Waals surface area contributed by atoms with Gasteiger partial charge in [-0.3, -0.25) is 4.68 Å². The van der Waals surface area contributed by atoms with Crippen LogP contribution in [0.3, 0.4) is 0 Å². The van der Waals surface area contributed by atoms with Crippen LogP contribution in [0.1, 0.15) is 24.2 Å². The summed E-state index contributed by atoms with van der Waals surface area (Å²) in [6, 6.07) is 5.56. The minimum atomic E-state index is -0.728. The van der Waals surface area contributed by atoms with Crippen LogP contribution in [0.15, 0.2) is 35.1 Å². The summed E-state index contributed by atoms with van der Waals surface area (Å²) in [6.45, 7) is 2.79. The van der Waals surface area contributed by atoms with Gasteiger partial charge in [-0.2, -0.15) is 5.10 Å². The fourth-order valence-electron chi connectivity index (χ4n) is 1.78. The molecule has 96 valence electrons. The Kier molecular flexibility index (Phi) is 4.04. The monoisotopic (exact) mass is 310 g/mol. The van der Waals surface area contributed by atoms with Crippen LogP contribution >= 0.6 is 15.9 Å². The molecule has 0 fully saturated rings. The van der Waals surface area contributed by atoms with E-state index in [0.29, 0.717) is 5.75 Å². The molecule has 2 rings (SSSR count). The molecule has 1 heterocycles. The molecule has 1 aromatic carbocycles. The molecule has 1 N–H and O–H groups in total. The van der Waals surface area contributed by atoms with E-state index in [-0.39, 0.29) is 0 Å². The molecule has 2 aromatic rings. The van der Waals surface area contributed by atoms with Crippen LogP contribution < -0.4 is 4.74 Å². The molecule has 0 radical (unpaired) electrons. The number of benzene rings is 1. The first-order chi connectivity index (χ1) is 8.65. The highest BCUT2D eigenvalue weighted by Crippen LogP contribution is 2.31. The third-order valence-corrected chi connectivity index (χ3v) is 3.28. The van der Waals surface area contributed by atoms with Crippen molar-refractivity contribution in [2.45, 2.75) is 19.6 Å². The zero-order chi connectivity index (χ0) is 13.1. The van der Waals surface area contributed by atoms with Gasteiger partial charge in [0.1, 0.15) is 11.9 Å². The second-order valence-electron chi connectivity index (χ2n) is 3.92. The third-order valence-electron chi connectivity index (χ3n) is 2.78. The quantitative estimate of drug-likeness (QED) is 0.944. The second-order valence-corrected chi connectivity index (χ2v) is 4.83. The zero-order valence-electron chi connectivity index (χ0n) is 10.3. The lowest BCUT2D eigenvalue weighted by Crippen LogP contribution is -2.01. The number of aliphatic hydroxyl groups excluding tert-OH is 1. The molecule has 1 unspecified atom stereocenters. The smallest absolute Gasteiger partial charge is 0.126 e. The SMILES string of the molecule is CCn1cc(C(O)c2ccc(Br)cc2OC)cn1. The summed E-state index contributed by atoms with van der Waals surface area (Å²) < 4.78 is 7.98. The minimum Gasteiger partial charge on any atom is -0.496 e. The molecule has 1 atom stereocenters. The van der Waals surface area contributed by atoms with Gasteiger partial charge in [0.25, 0.3) is 0 Å². The van der Waals surface area contributed by atoms with Gasteiger partial charge in [0, 0.05) is 28.3 Å². The summed E-state index contributed by atoms with van der Waals surface area (Å²) >= 11 is 3.38. The number of aryl methyl sites for hydroxylation is 1. The van der Waals surface area contributed by atoms with E-state index in [2.05, 4.69) is 21.0 Å². The van der Waals surface area contributed by atoms with E-state index >= 15 is 0 Å². The number of aromatic nitrogens is 2. The van der Waals surface area contributed by atoms with E-state index in [9.17, 15) is 5.11 Å². The fourth-order valence-corrected chi connectivity index (χ4v) is 2.12. The van der Waals surface area contributed by atoms with Crippen molar-refractivity contribution in [3.05, 3.63) is 46.2 Å². The molecule has 4 nitrogen and oxygen atoms in total. The molecule has 0 bridgehead atoms. The van der Waals surface area contributed by atoms with Crippen LogP contribution in [-0.4, -0.2) is 22.0 Å². The Morgan fingerprint density at radius 2 is 2.28 bits per heavy atom. The Morgan fingerprint density at radius 1 is 1.50 bits per heavy atom. The number of hydrogen-bond acceptors (Lipinski definition) is 3. The number of rotatable bonds is 4. The lowest BCUT2D eigenvalue weighted by atomic mass is 10.0. The Balaban J connectivity index is 2.35. The standard InChI is InChI=1S/C13H15BrN2O2/c1-3-16-8-9(7-15-16)13(17)11-5-4-10(14)6-12(11)18-2/h4-8,13,17H,3H2,1-2H3. The molecule has 0 aliphatic carbocycles. The van der Waals surface area contributed by atoms with Crippen molar-refractivity contribution in [2.75, 3.05) is 7.11 Å². The van der Waals surface area contributed by atoms with Crippen LogP contribution in [-0.2, 0) is 6.54 Å². The van der Waals surface area contributed by atoms with Gasteiger partial charge in [-0.1, -0.05) is 22.0 Å². The molecule has 0 spiro atoms. The van der Waals surface area contributed by atoms with Gasteiger partial charge in [0.05, 0.1) is 13.3 Å². The van der Waals surface area contributed by atoms with E-state index in [0.717, 1.165) is 22.1 Å². The summed E-state index contributed by atoms with van der Waals surface area (Å²) in [5.41, 5.74) is 1.49. The van der Waals surface area contributed by atoms with Crippen molar-refractivity contribution in [2.24, 2.45) is 0 Å². The topological polar surface area (TPSA) is 47.3 Å². The Hall–Kier alpha value is -1.33. The van der Waals surface area contributed by atoms with Crippen LogP contribution in [0, 0.1) is 0 Å². The summed E-state index contributed by atoms with van der Waals surface area (Å²) in [6.07, 6.45) is 2.79. The van der Waals surface area contributed by atoms with Gasteiger partial charge in [0.2, 0.25) is 0 Å². The van der Waals surface area contributed by atoms with Gasteiger partial charge < -0.3 is 9.84 Å². The second kappa shape index (κ2) is 5.54. The number of hydrogen-bond donors (Lipinski definition) is 1. The van der Waals surface area contributed by atoms with Crippen molar-refractivity contribution < 1.29 is 9.84 Å². The van der Waals surface area contributed by atoms with Gasteiger partial charge in [-0.05, 0) is 19.1 Å². The van der Waals surface area contributed by atoms with Gasteiger partial charge in [-0.25, -0.2) is 0 Å². The molecule has 0 aliphatic rings. The first kappa shape index (κ1) is 13.1. The maximum Gasteiger partial charge on any atom is 0.126 e. The Morgan fingerprint density at radius 3 is 2.89 bits per heavy atom. The molecule has 18 heavy (non-hydrogen) atoms. The van der Waals surface area contributed by atoms with Crippen LogP contribution in [0.2, 0.25) is 0 Å². The highest BCUT2D eigenvalue weighted by molar-refractivity contribution is 9.10. The lowest BCUT2D eigenvalue weighted by Gasteiger charge is -2.13. The molecule has 1 aromatic heterocycles. The van der Waals surface area contributed by atoms with E-state index in [1.165, 1.54) is 0 Å². The van der Waals surface area contributed by atoms with Crippen molar-refractivity contribution in [1.82, 2.24) is 9.78 Å². The minimum absolute atomic E-state index is 0.654. The molecule has 0 amide bonds. The van der Waals surface area contributed by atoms with E-state index in [1.54, 1.807) is 18.0 Å².